The molecule has 0 saturated heterocycles. The van der Waals surface area contributed by atoms with E-state index in [1.807, 2.05) is 24.3 Å². The summed E-state index contributed by atoms with van der Waals surface area (Å²) in [6.45, 7) is 4.75. The summed E-state index contributed by atoms with van der Waals surface area (Å²) in [6, 6.07) is 12.8. The number of anilines is 1. The molecule has 1 aliphatic rings. The number of carbonyl (C=O) groups excluding carboxylic acids is 1. The van der Waals surface area contributed by atoms with Crippen molar-refractivity contribution in [3.63, 3.8) is 0 Å². The monoisotopic (exact) mass is 399 g/mol. The predicted molar refractivity (Wildman–Crippen MR) is 111 cm³/mol. The number of rotatable bonds is 3. The largest absolute Gasteiger partial charge is 0.321 e. The summed E-state index contributed by atoms with van der Waals surface area (Å²) in [5.74, 6) is -0.174. The number of hydrogen-bond donors (Lipinski definition) is 1. The van der Waals surface area contributed by atoms with Crippen molar-refractivity contribution in [2.24, 2.45) is 0 Å². The fraction of sp³-hybridized carbons (Fsp3) is 0.238. The van der Waals surface area contributed by atoms with Crippen molar-refractivity contribution in [2.45, 2.75) is 19.9 Å². The van der Waals surface area contributed by atoms with Crippen LogP contribution in [0.15, 0.2) is 42.5 Å². The maximum atomic E-state index is 13.3. The second-order valence-electron chi connectivity index (χ2n) is 6.63. The lowest BCUT2D eigenvalue weighted by Gasteiger charge is -2.29. The van der Waals surface area contributed by atoms with Crippen molar-refractivity contribution >= 4 is 45.7 Å². The van der Waals surface area contributed by atoms with Crippen LogP contribution < -0.4 is 5.32 Å². The van der Waals surface area contributed by atoms with E-state index in [1.165, 1.54) is 0 Å². The van der Waals surface area contributed by atoms with Crippen molar-refractivity contribution in [1.29, 1.82) is 0 Å². The summed E-state index contributed by atoms with van der Waals surface area (Å²) < 4.78 is 0. The Labute approximate surface area is 168 Å². The van der Waals surface area contributed by atoms with E-state index in [2.05, 4.69) is 17.1 Å². The third-order valence-corrected chi connectivity index (χ3v) is 5.53. The Morgan fingerprint density at radius 2 is 2.04 bits per heavy atom. The number of para-hydroxylation sites is 1. The van der Waals surface area contributed by atoms with Gasteiger partial charge in [-0.25, -0.2) is 0 Å². The van der Waals surface area contributed by atoms with Gasteiger partial charge in [-0.05, 0) is 30.8 Å². The number of halogens is 2. The van der Waals surface area contributed by atoms with Crippen molar-refractivity contribution in [3.05, 3.63) is 69.3 Å². The highest BCUT2D eigenvalue weighted by Crippen LogP contribution is 2.30. The van der Waals surface area contributed by atoms with Crippen molar-refractivity contribution in [1.82, 2.24) is 9.88 Å². The topological polar surface area (TPSA) is 45.2 Å². The Kier molecular flexibility index (Phi) is 5.04. The first-order valence-corrected chi connectivity index (χ1v) is 9.71. The summed E-state index contributed by atoms with van der Waals surface area (Å²) in [6.07, 6.45) is 0.843. The summed E-state index contributed by atoms with van der Waals surface area (Å²) in [4.78, 5) is 20.4. The summed E-state index contributed by atoms with van der Waals surface area (Å²) in [5.41, 5.74) is 4.08. The van der Waals surface area contributed by atoms with Crippen LogP contribution in [0.1, 0.15) is 28.5 Å². The molecule has 4 rings (SSSR count). The van der Waals surface area contributed by atoms with Gasteiger partial charge in [-0.2, -0.15) is 0 Å². The van der Waals surface area contributed by atoms with Crippen LogP contribution in [0.3, 0.4) is 0 Å². The van der Waals surface area contributed by atoms with Gasteiger partial charge in [-0.15, -0.1) is 0 Å². The number of hydrogen-bond acceptors (Lipinski definition) is 3. The number of amides is 1. The van der Waals surface area contributed by atoms with Gasteiger partial charge in [0, 0.05) is 41.2 Å². The van der Waals surface area contributed by atoms with Gasteiger partial charge in [0.15, 0.2) is 0 Å². The Morgan fingerprint density at radius 1 is 1.22 bits per heavy atom. The van der Waals surface area contributed by atoms with Gasteiger partial charge in [0.2, 0.25) is 0 Å². The molecule has 6 heteroatoms. The minimum Gasteiger partial charge on any atom is -0.321 e. The number of aromatic nitrogens is 1. The van der Waals surface area contributed by atoms with Crippen LogP contribution in [-0.2, 0) is 13.0 Å². The normalized spacial score (nSPS) is 14.2. The highest BCUT2D eigenvalue weighted by atomic mass is 35.5. The number of nitrogens with zero attached hydrogens (tertiary/aromatic N) is 2. The first-order valence-electron chi connectivity index (χ1n) is 8.96. The lowest BCUT2D eigenvalue weighted by atomic mass is 9.95. The minimum absolute atomic E-state index is 0.174. The molecule has 0 bridgehead atoms. The average Bonchev–Trinajstić information content (AvgIpc) is 2.67. The Balaban J connectivity index is 1.82. The molecule has 0 aliphatic carbocycles. The molecular weight excluding hydrogens is 381 g/mol. The standard InChI is InChI=1S/C21H19Cl2N3O/c1-2-26-10-9-18-15(12-26)20(14-5-3-4-6-17(14)24-18)21(27)25-19-8-7-13(22)11-16(19)23/h3-8,11H,2,9-10,12H2,1H3,(H,25,27). The zero-order chi connectivity index (χ0) is 19.0. The Hall–Kier alpha value is -2.14. The first kappa shape index (κ1) is 18.2. The van der Waals surface area contributed by atoms with Crippen LogP contribution in [-0.4, -0.2) is 28.9 Å². The Morgan fingerprint density at radius 3 is 2.81 bits per heavy atom. The highest BCUT2D eigenvalue weighted by Gasteiger charge is 2.25. The van der Waals surface area contributed by atoms with Crippen LogP contribution in [0.25, 0.3) is 10.9 Å². The molecule has 0 saturated carbocycles. The first-order chi connectivity index (χ1) is 13.1. The van der Waals surface area contributed by atoms with Crippen LogP contribution in [0, 0.1) is 0 Å². The lowest BCUT2D eigenvalue weighted by molar-refractivity contribution is 0.102. The van der Waals surface area contributed by atoms with E-state index in [4.69, 9.17) is 28.2 Å². The number of carbonyl (C=O) groups is 1. The molecule has 27 heavy (non-hydrogen) atoms. The number of fused-ring (bicyclic) bond motifs is 2. The maximum absolute atomic E-state index is 13.3. The molecule has 0 fully saturated rings. The van der Waals surface area contributed by atoms with Crippen molar-refractivity contribution in [3.8, 4) is 0 Å². The fourth-order valence-electron chi connectivity index (χ4n) is 3.55. The maximum Gasteiger partial charge on any atom is 0.256 e. The summed E-state index contributed by atoms with van der Waals surface area (Å²) in [5, 5.41) is 4.76. The zero-order valence-corrected chi connectivity index (χ0v) is 16.4. The molecule has 4 nitrogen and oxygen atoms in total. The predicted octanol–water partition coefficient (Wildman–Crippen LogP) is 5.17. The Bertz CT molecular complexity index is 1040. The van der Waals surface area contributed by atoms with Crippen LogP contribution in [0.2, 0.25) is 10.0 Å². The van der Waals surface area contributed by atoms with Crippen molar-refractivity contribution < 1.29 is 4.79 Å². The van der Waals surface area contributed by atoms with Gasteiger partial charge in [-0.1, -0.05) is 48.3 Å². The fourth-order valence-corrected chi connectivity index (χ4v) is 4.01. The van der Waals surface area contributed by atoms with Crippen molar-refractivity contribution in [2.75, 3.05) is 18.4 Å². The van der Waals surface area contributed by atoms with E-state index in [0.29, 0.717) is 21.3 Å². The molecule has 0 unspecified atom stereocenters. The van der Waals surface area contributed by atoms with Gasteiger partial charge in [0.05, 0.1) is 21.8 Å². The number of benzene rings is 2. The second-order valence-corrected chi connectivity index (χ2v) is 7.47. The SMILES string of the molecule is CCN1CCc2nc3ccccc3c(C(=O)Nc3ccc(Cl)cc3Cl)c2C1. The quantitative estimate of drug-likeness (QED) is 0.660. The molecule has 1 aliphatic heterocycles. The van der Waals surface area contributed by atoms with E-state index in [0.717, 1.165) is 48.2 Å². The molecule has 1 amide bonds. The third-order valence-electron chi connectivity index (χ3n) is 4.98. The summed E-state index contributed by atoms with van der Waals surface area (Å²) >= 11 is 12.2. The number of likely N-dealkylation sites (N-methyl/N-ethyl adjacent to an activating group) is 1. The van der Waals surface area contributed by atoms with Gasteiger partial charge in [0.1, 0.15) is 0 Å². The van der Waals surface area contributed by atoms with E-state index in [1.54, 1.807) is 18.2 Å². The van der Waals surface area contributed by atoms with Crippen LogP contribution in [0.5, 0.6) is 0 Å². The zero-order valence-electron chi connectivity index (χ0n) is 14.9. The van der Waals surface area contributed by atoms with Crippen LogP contribution >= 0.6 is 23.2 Å². The molecule has 3 aromatic rings. The summed E-state index contributed by atoms with van der Waals surface area (Å²) in [7, 11) is 0. The molecule has 1 aromatic heterocycles. The third kappa shape index (κ3) is 3.53. The molecule has 138 valence electrons. The molecular formula is C21H19Cl2N3O. The molecule has 1 N–H and O–H groups in total. The van der Waals surface area contributed by atoms with Gasteiger partial charge >= 0.3 is 0 Å². The van der Waals surface area contributed by atoms with Gasteiger partial charge < -0.3 is 5.32 Å². The molecule has 0 radical (unpaired) electrons. The van der Waals surface area contributed by atoms with Crippen LogP contribution in [0.4, 0.5) is 5.69 Å². The smallest absolute Gasteiger partial charge is 0.256 e. The second kappa shape index (κ2) is 7.47. The van der Waals surface area contributed by atoms with E-state index >= 15 is 0 Å². The molecule has 0 spiro atoms. The van der Waals surface area contributed by atoms with Gasteiger partial charge in [-0.3, -0.25) is 14.7 Å². The molecule has 2 aromatic carbocycles. The molecule has 0 atom stereocenters. The molecule has 2 heterocycles. The number of pyridine rings is 1. The van der Waals surface area contributed by atoms with Gasteiger partial charge in [0.25, 0.3) is 5.91 Å². The van der Waals surface area contributed by atoms with E-state index < -0.39 is 0 Å². The minimum atomic E-state index is -0.174. The number of nitrogens with one attached hydrogen (secondary N) is 1. The van der Waals surface area contributed by atoms with E-state index in [9.17, 15) is 4.79 Å². The average molecular weight is 400 g/mol. The lowest BCUT2D eigenvalue weighted by Crippen LogP contribution is -2.33. The van der Waals surface area contributed by atoms with E-state index in [-0.39, 0.29) is 5.91 Å². The highest BCUT2D eigenvalue weighted by molar-refractivity contribution is 6.37.